The van der Waals surface area contributed by atoms with Gasteiger partial charge in [-0.1, -0.05) is 13.3 Å². The highest BCUT2D eigenvalue weighted by molar-refractivity contribution is 7.89. The molecule has 6 nitrogen and oxygen atoms in total. The number of sulfonamides is 1. The van der Waals surface area contributed by atoms with Crippen LogP contribution in [0.2, 0.25) is 0 Å². The smallest absolute Gasteiger partial charge is 0.258 e. The minimum atomic E-state index is -3.78. The van der Waals surface area contributed by atoms with Crippen LogP contribution in [0.1, 0.15) is 19.8 Å². The quantitative estimate of drug-likeness (QED) is 0.630. The molecule has 0 aliphatic carbocycles. The largest absolute Gasteiger partial charge is 0.304 e. The zero-order chi connectivity index (χ0) is 14.9. The van der Waals surface area contributed by atoms with Crippen molar-refractivity contribution in [1.29, 1.82) is 0 Å². The van der Waals surface area contributed by atoms with Gasteiger partial charge in [-0.3, -0.25) is 10.1 Å². The van der Waals surface area contributed by atoms with Gasteiger partial charge in [-0.2, -0.15) is 8.70 Å². The topological polar surface area (TPSA) is 80.5 Å². The van der Waals surface area contributed by atoms with Crippen molar-refractivity contribution in [3.63, 3.8) is 0 Å². The fourth-order valence-corrected chi connectivity index (χ4v) is 3.84. The lowest BCUT2D eigenvalue weighted by molar-refractivity contribution is -0.387. The van der Waals surface area contributed by atoms with Crippen molar-refractivity contribution in [1.82, 2.24) is 4.31 Å². The van der Waals surface area contributed by atoms with Gasteiger partial charge in [0, 0.05) is 25.2 Å². The van der Waals surface area contributed by atoms with Gasteiger partial charge in [0.25, 0.3) is 0 Å². The number of benzene rings is 1. The molecule has 0 N–H and O–H groups in total. The zero-order valence-electron chi connectivity index (χ0n) is 11.0. The Balaban J connectivity index is 2.31. The van der Waals surface area contributed by atoms with E-state index >= 15 is 0 Å². The second-order valence-corrected chi connectivity index (χ2v) is 6.73. The van der Waals surface area contributed by atoms with Gasteiger partial charge in [0.1, 0.15) is 0 Å². The van der Waals surface area contributed by atoms with Crippen LogP contribution in [0.15, 0.2) is 23.1 Å². The molecule has 1 heterocycles. The molecule has 2 rings (SSSR count). The molecule has 1 aliphatic rings. The molecule has 0 radical (unpaired) electrons. The fraction of sp³-hybridized carbons (Fsp3) is 0.500. The molecule has 110 valence electrons. The van der Waals surface area contributed by atoms with E-state index in [1.165, 1.54) is 4.31 Å². The molecule has 1 atom stereocenters. The van der Waals surface area contributed by atoms with Gasteiger partial charge in [0.2, 0.25) is 15.8 Å². The summed E-state index contributed by atoms with van der Waals surface area (Å²) in [6, 6.07) is 2.68. The highest BCUT2D eigenvalue weighted by Crippen LogP contribution is 2.28. The highest BCUT2D eigenvalue weighted by Gasteiger charge is 2.32. The van der Waals surface area contributed by atoms with Gasteiger partial charge in [-0.15, -0.1) is 0 Å². The second kappa shape index (κ2) is 5.45. The maximum atomic E-state index is 13.5. The summed E-state index contributed by atoms with van der Waals surface area (Å²) in [7, 11) is -3.78. The highest BCUT2D eigenvalue weighted by atomic mass is 32.2. The molecule has 1 unspecified atom stereocenters. The van der Waals surface area contributed by atoms with E-state index in [1.807, 2.05) is 6.92 Å². The number of halogens is 1. The summed E-state index contributed by atoms with van der Waals surface area (Å²) in [5, 5.41) is 10.5. The summed E-state index contributed by atoms with van der Waals surface area (Å²) in [5.41, 5.74) is -0.725. The van der Waals surface area contributed by atoms with Gasteiger partial charge in [-0.05, 0) is 18.4 Å². The first-order valence-electron chi connectivity index (χ1n) is 6.30. The van der Waals surface area contributed by atoms with E-state index in [2.05, 4.69) is 0 Å². The Bertz CT molecular complexity index is 632. The van der Waals surface area contributed by atoms with Gasteiger partial charge in [0.05, 0.1) is 9.82 Å². The lowest BCUT2D eigenvalue weighted by Gasteiger charge is -2.16. The first kappa shape index (κ1) is 14.9. The molecule has 1 aliphatic heterocycles. The van der Waals surface area contributed by atoms with E-state index in [4.69, 9.17) is 0 Å². The standard InChI is InChI=1S/C12H15FN2O4S/c1-2-9-5-6-14(8-9)20(18,19)10-3-4-12(15(16)17)11(13)7-10/h3-4,7,9H,2,5-6,8H2,1H3. The Morgan fingerprint density at radius 2 is 2.20 bits per heavy atom. The Hall–Kier alpha value is -1.54. The van der Waals surface area contributed by atoms with E-state index in [-0.39, 0.29) is 4.90 Å². The van der Waals surface area contributed by atoms with Crippen LogP contribution in [0.25, 0.3) is 0 Å². The predicted octanol–water partition coefficient (Wildman–Crippen LogP) is 2.15. The van der Waals surface area contributed by atoms with Crippen LogP contribution in [0.3, 0.4) is 0 Å². The lowest BCUT2D eigenvalue weighted by atomic mass is 10.1. The minimum absolute atomic E-state index is 0.239. The first-order chi connectivity index (χ1) is 9.36. The minimum Gasteiger partial charge on any atom is -0.258 e. The van der Waals surface area contributed by atoms with Crippen LogP contribution in [-0.2, 0) is 10.0 Å². The van der Waals surface area contributed by atoms with Crippen molar-refractivity contribution in [3.05, 3.63) is 34.1 Å². The number of hydrogen-bond donors (Lipinski definition) is 0. The van der Waals surface area contributed by atoms with Crippen molar-refractivity contribution in [2.75, 3.05) is 13.1 Å². The third-order valence-corrected chi connectivity index (χ3v) is 5.44. The average molecular weight is 302 g/mol. The molecular weight excluding hydrogens is 287 g/mol. The van der Waals surface area contributed by atoms with Crippen LogP contribution in [-0.4, -0.2) is 30.7 Å². The van der Waals surface area contributed by atoms with E-state index < -0.39 is 26.5 Å². The van der Waals surface area contributed by atoms with E-state index in [0.717, 1.165) is 25.0 Å². The number of hydrogen-bond acceptors (Lipinski definition) is 4. The maximum Gasteiger partial charge on any atom is 0.304 e. The molecule has 0 aromatic heterocycles. The summed E-state index contributed by atoms with van der Waals surface area (Å²) in [4.78, 5) is 9.41. The SMILES string of the molecule is CCC1CCN(S(=O)(=O)c2ccc([N+](=O)[O-])c(F)c2)C1. The molecule has 1 aromatic rings. The van der Waals surface area contributed by atoms with Crippen LogP contribution >= 0.6 is 0 Å². The Morgan fingerprint density at radius 1 is 1.50 bits per heavy atom. The molecule has 1 aromatic carbocycles. The predicted molar refractivity (Wildman–Crippen MR) is 70.2 cm³/mol. The second-order valence-electron chi connectivity index (χ2n) is 4.80. The van der Waals surface area contributed by atoms with Gasteiger partial charge >= 0.3 is 5.69 Å². The summed E-state index contributed by atoms with van der Waals surface area (Å²) >= 11 is 0. The monoisotopic (exact) mass is 302 g/mol. The maximum absolute atomic E-state index is 13.5. The van der Waals surface area contributed by atoms with Crippen LogP contribution in [0.5, 0.6) is 0 Å². The van der Waals surface area contributed by atoms with Crippen LogP contribution in [0.4, 0.5) is 10.1 Å². The average Bonchev–Trinajstić information content (AvgIpc) is 2.87. The van der Waals surface area contributed by atoms with Crippen molar-refractivity contribution < 1.29 is 17.7 Å². The summed E-state index contributed by atoms with van der Waals surface area (Å²) in [6.07, 6.45) is 1.67. The van der Waals surface area contributed by atoms with Crippen molar-refractivity contribution >= 4 is 15.7 Å². The third-order valence-electron chi connectivity index (χ3n) is 3.58. The van der Waals surface area contributed by atoms with Gasteiger partial charge in [-0.25, -0.2) is 8.42 Å². The van der Waals surface area contributed by atoms with Crippen LogP contribution < -0.4 is 0 Å². The van der Waals surface area contributed by atoms with E-state index in [0.29, 0.717) is 25.1 Å². The van der Waals surface area contributed by atoms with Crippen molar-refractivity contribution in [2.24, 2.45) is 5.92 Å². The molecule has 0 bridgehead atoms. The third kappa shape index (κ3) is 2.66. The molecule has 0 amide bonds. The molecule has 20 heavy (non-hydrogen) atoms. The Labute approximate surface area is 116 Å². The number of nitro benzene ring substituents is 1. The summed E-state index contributed by atoms with van der Waals surface area (Å²) in [6.45, 7) is 2.81. The van der Waals surface area contributed by atoms with Gasteiger partial charge in [0.15, 0.2) is 0 Å². The van der Waals surface area contributed by atoms with Crippen LogP contribution in [0, 0.1) is 21.8 Å². The molecule has 1 fully saturated rings. The van der Waals surface area contributed by atoms with E-state index in [9.17, 15) is 22.9 Å². The zero-order valence-corrected chi connectivity index (χ0v) is 11.8. The molecular formula is C12H15FN2O4S. The number of nitro groups is 1. The van der Waals surface area contributed by atoms with Gasteiger partial charge < -0.3 is 0 Å². The Morgan fingerprint density at radius 3 is 2.70 bits per heavy atom. The molecule has 1 saturated heterocycles. The lowest BCUT2D eigenvalue weighted by Crippen LogP contribution is -2.29. The fourth-order valence-electron chi connectivity index (χ4n) is 2.29. The normalized spacial score (nSPS) is 20.2. The molecule has 8 heteroatoms. The molecule has 0 spiro atoms. The summed E-state index contributed by atoms with van der Waals surface area (Å²) in [5.74, 6) is -0.824. The summed E-state index contributed by atoms with van der Waals surface area (Å²) < 4.78 is 39.5. The number of nitrogens with zero attached hydrogens (tertiary/aromatic N) is 2. The van der Waals surface area contributed by atoms with Crippen molar-refractivity contribution in [2.45, 2.75) is 24.7 Å². The van der Waals surface area contributed by atoms with Crippen molar-refractivity contribution in [3.8, 4) is 0 Å². The number of rotatable bonds is 4. The van der Waals surface area contributed by atoms with E-state index in [1.54, 1.807) is 0 Å². The Kier molecular flexibility index (Phi) is 4.05. The first-order valence-corrected chi connectivity index (χ1v) is 7.74. The molecule has 0 saturated carbocycles.